The van der Waals surface area contributed by atoms with Gasteiger partial charge in [0.15, 0.2) is 0 Å². The summed E-state index contributed by atoms with van der Waals surface area (Å²) in [5.41, 5.74) is 0. The van der Waals surface area contributed by atoms with Crippen molar-refractivity contribution in [1.29, 1.82) is 0 Å². The van der Waals surface area contributed by atoms with Crippen LogP contribution in [-0.2, 0) is 4.79 Å². The van der Waals surface area contributed by atoms with E-state index in [9.17, 15) is 4.79 Å². The molecule has 1 N–H and O–H groups in total. The summed E-state index contributed by atoms with van der Waals surface area (Å²) in [5.74, 6) is 6.39. The van der Waals surface area contributed by atoms with Gasteiger partial charge in [-0.3, -0.25) is 4.79 Å². The molecule has 98 valence electrons. The van der Waals surface area contributed by atoms with Gasteiger partial charge in [0, 0.05) is 19.0 Å². The molecule has 0 saturated heterocycles. The molecule has 2 heteroatoms. The van der Waals surface area contributed by atoms with Gasteiger partial charge in [-0.15, -0.1) is 0 Å². The fourth-order valence-corrected chi connectivity index (χ4v) is 1.05. The van der Waals surface area contributed by atoms with Crippen LogP contribution in [0.2, 0.25) is 0 Å². The molecule has 0 fully saturated rings. The maximum Gasteiger partial charge on any atom is 0.243 e. The highest BCUT2D eigenvalue weighted by molar-refractivity contribution is 5.87. The van der Waals surface area contributed by atoms with Gasteiger partial charge in [-0.2, -0.15) is 0 Å². The molecule has 0 radical (unpaired) electrons. The van der Waals surface area contributed by atoms with Crippen molar-refractivity contribution in [1.82, 2.24) is 5.32 Å². The largest absolute Gasteiger partial charge is 0.352 e. The van der Waals surface area contributed by atoms with E-state index in [1.54, 1.807) is 12.2 Å². The minimum Gasteiger partial charge on any atom is -0.352 e. The number of nitrogens with one attached hydrogen (secondary N) is 1. The summed E-state index contributed by atoms with van der Waals surface area (Å²) < 4.78 is 0. The van der Waals surface area contributed by atoms with Gasteiger partial charge in [0.05, 0.1) is 0 Å². The van der Waals surface area contributed by atoms with Gasteiger partial charge < -0.3 is 5.32 Å². The lowest BCUT2D eigenvalue weighted by atomic mass is 10.2. The molecule has 0 aliphatic rings. The Labute approximate surface area is 111 Å². The Morgan fingerprint density at radius 1 is 1.33 bits per heavy atom. The molecular weight excluding hydrogens is 222 g/mol. The Morgan fingerprint density at radius 3 is 2.78 bits per heavy atom. The Balaban J connectivity index is 3.69. The lowest BCUT2D eigenvalue weighted by Crippen LogP contribution is -2.25. The van der Waals surface area contributed by atoms with E-state index in [1.807, 2.05) is 31.2 Å². The summed E-state index contributed by atoms with van der Waals surface area (Å²) in [6, 6.07) is 0. The summed E-state index contributed by atoms with van der Waals surface area (Å²) in [6.07, 6.45) is 12.7. The molecule has 0 saturated carbocycles. The number of amides is 1. The molecule has 1 amide bonds. The van der Waals surface area contributed by atoms with Crippen LogP contribution in [0.5, 0.6) is 0 Å². The van der Waals surface area contributed by atoms with Gasteiger partial charge >= 0.3 is 0 Å². The molecule has 0 bridgehead atoms. The topological polar surface area (TPSA) is 29.1 Å². The predicted molar refractivity (Wildman–Crippen MR) is 78.0 cm³/mol. The lowest BCUT2D eigenvalue weighted by molar-refractivity contribution is -0.116. The molecular formula is C16H23NO. The zero-order chi connectivity index (χ0) is 13.6. The highest BCUT2D eigenvalue weighted by atomic mass is 16.1. The molecule has 0 atom stereocenters. The third-order valence-corrected chi connectivity index (χ3v) is 1.97. The third kappa shape index (κ3) is 12.3. The van der Waals surface area contributed by atoms with Gasteiger partial charge in [0.25, 0.3) is 0 Å². The van der Waals surface area contributed by atoms with E-state index in [4.69, 9.17) is 0 Å². The van der Waals surface area contributed by atoms with Crippen molar-refractivity contribution in [2.45, 2.75) is 33.6 Å². The van der Waals surface area contributed by atoms with Gasteiger partial charge in [-0.1, -0.05) is 50.0 Å². The number of unbranched alkanes of at least 4 members (excludes halogenated alkanes) is 1. The average Bonchev–Trinajstić information content (AvgIpc) is 2.34. The molecule has 0 aliphatic carbocycles. The number of hydrogen-bond acceptors (Lipinski definition) is 1. The summed E-state index contributed by atoms with van der Waals surface area (Å²) in [4.78, 5) is 11.3. The maximum atomic E-state index is 11.3. The van der Waals surface area contributed by atoms with Crippen molar-refractivity contribution >= 4 is 5.91 Å². The van der Waals surface area contributed by atoms with Crippen molar-refractivity contribution < 1.29 is 4.79 Å². The first-order valence-corrected chi connectivity index (χ1v) is 6.37. The summed E-state index contributed by atoms with van der Waals surface area (Å²) in [7, 11) is 0. The predicted octanol–water partition coefficient (Wildman–Crippen LogP) is 3.23. The average molecular weight is 245 g/mol. The molecule has 0 unspecified atom stereocenters. The lowest BCUT2D eigenvalue weighted by Gasteiger charge is -2.03. The number of rotatable bonds is 6. The van der Waals surface area contributed by atoms with Crippen LogP contribution in [0.3, 0.4) is 0 Å². The molecule has 0 aromatic carbocycles. The first-order valence-electron chi connectivity index (χ1n) is 6.37. The standard InChI is InChI=1S/C16H23NO/c1-4-5-6-7-8-9-10-11-12-13-16(18)17-14-15(2)3/h4-5,10-13,15H,8-9,14H2,1-3H3,(H,17,18). The Hall–Kier alpha value is -1.75. The number of hydrogen-bond donors (Lipinski definition) is 1. The van der Waals surface area contributed by atoms with Crippen LogP contribution in [-0.4, -0.2) is 12.5 Å². The second kappa shape index (κ2) is 11.7. The molecule has 0 aliphatic heterocycles. The minimum absolute atomic E-state index is 0.0405. The second-order valence-electron chi connectivity index (χ2n) is 4.29. The molecule has 18 heavy (non-hydrogen) atoms. The van der Waals surface area contributed by atoms with E-state index in [-0.39, 0.29) is 5.91 Å². The molecule has 0 aromatic rings. The first kappa shape index (κ1) is 16.2. The van der Waals surface area contributed by atoms with Crippen LogP contribution in [0.25, 0.3) is 0 Å². The summed E-state index contributed by atoms with van der Waals surface area (Å²) in [6.45, 7) is 6.80. The smallest absolute Gasteiger partial charge is 0.243 e. The number of carbonyl (C=O) groups is 1. The minimum atomic E-state index is -0.0405. The molecule has 0 aromatic heterocycles. The second-order valence-corrected chi connectivity index (χ2v) is 4.29. The van der Waals surface area contributed by atoms with Crippen LogP contribution < -0.4 is 5.32 Å². The fraction of sp³-hybridized carbons (Fsp3) is 0.438. The van der Waals surface area contributed by atoms with E-state index in [1.165, 1.54) is 0 Å². The first-order chi connectivity index (χ1) is 8.66. The van der Waals surface area contributed by atoms with E-state index >= 15 is 0 Å². The Bertz CT molecular complexity index is 364. The normalized spacial score (nSPS) is 11.3. The zero-order valence-electron chi connectivity index (χ0n) is 11.6. The SMILES string of the molecule is CC=CC#CCCC=CC=CC(=O)NCC(C)C. The Kier molecular flexibility index (Phi) is 10.6. The van der Waals surface area contributed by atoms with Gasteiger partial charge in [-0.05, 0) is 25.3 Å². The molecule has 0 rings (SSSR count). The molecule has 0 spiro atoms. The summed E-state index contributed by atoms with van der Waals surface area (Å²) >= 11 is 0. The van der Waals surface area contributed by atoms with E-state index < -0.39 is 0 Å². The van der Waals surface area contributed by atoms with Crippen molar-refractivity contribution in [3.05, 3.63) is 36.5 Å². The van der Waals surface area contributed by atoms with Crippen molar-refractivity contribution in [2.24, 2.45) is 5.92 Å². The van der Waals surface area contributed by atoms with E-state index in [2.05, 4.69) is 31.0 Å². The van der Waals surface area contributed by atoms with Gasteiger partial charge in [-0.25, -0.2) is 0 Å². The molecule has 0 heterocycles. The van der Waals surface area contributed by atoms with Crippen molar-refractivity contribution in [3.8, 4) is 11.8 Å². The zero-order valence-corrected chi connectivity index (χ0v) is 11.6. The van der Waals surface area contributed by atoms with Gasteiger partial charge in [0.1, 0.15) is 0 Å². The fourth-order valence-electron chi connectivity index (χ4n) is 1.05. The van der Waals surface area contributed by atoms with Crippen LogP contribution in [0, 0.1) is 17.8 Å². The molecule has 2 nitrogen and oxygen atoms in total. The highest BCUT2D eigenvalue weighted by Crippen LogP contribution is 1.90. The highest BCUT2D eigenvalue weighted by Gasteiger charge is 1.95. The van der Waals surface area contributed by atoms with Crippen LogP contribution in [0.1, 0.15) is 33.6 Å². The van der Waals surface area contributed by atoms with Crippen LogP contribution in [0.15, 0.2) is 36.5 Å². The third-order valence-electron chi connectivity index (χ3n) is 1.97. The van der Waals surface area contributed by atoms with Crippen molar-refractivity contribution in [2.75, 3.05) is 6.54 Å². The summed E-state index contributed by atoms with van der Waals surface area (Å²) in [5, 5.41) is 2.82. The van der Waals surface area contributed by atoms with E-state index in [0.29, 0.717) is 12.5 Å². The maximum absolute atomic E-state index is 11.3. The Morgan fingerprint density at radius 2 is 2.11 bits per heavy atom. The quantitative estimate of drug-likeness (QED) is 0.331. The van der Waals surface area contributed by atoms with E-state index in [0.717, 1.165) is 12.8 Å². The monoisotopic (exact) mass is 245 g/mol. The van der Waals surface area contributed by atoms with Crippen molar-refractivity contribution in [3.63, 3.8) is 0 Å². The number of allylic oxidation sites excluding steroid dienone is 5. The number of carbonyl (C=O) groups excluding carboxylic acids is 1. The van der Waals surface area contributed by atoms with Crippen LogP contribution >= 0.6 is 0 Å². The van der Waals surface area contributed by atoms with Gasteiger partial charge in [0.2, 0.25) is 5.91 Å². The van der Waals surface area contributed by atoms with Crippen LogP contribution in [0.4, 0.5) is 0 Å².